The Balaban J connectivity index is 1.52. The van der Waals surface area contributed by atoms with Crippen LogP contribution in [0.3, 0.4) is 0 Å². The maximum absolute atomic E-state index is 13.0. The minimum Gasteiger partial charge on any atom is -0.369 e. The largest absolute Gasteiger partial charge is 0.369 e. The molecule has 1 fully saturated rings. The van der Waals surface area contributed by atoms with E-state index in [0.29, 0.717) is 38.6 Å². The SMILES string of the molecule is CN1CCCC1CCN1C(=O)c2c(NC(=O)c3ccc(Cl)s3)cccc2C1O. The van der Waals surface area contributed by atoms with Gasteiger partial charge in [0.2, 0.25) is 0 Å². The first kappa shape index (κ1) is 19.4. The Kier molecular flexibility index (Phi) is 5.42. The summed E-state index contributed by atoms with van der Waals surface area (Å²) in [6.07, 6.45) is 2.12. The van der Waals surface area contributed by atoms with Gasteiger partial charge >= 0.3 is 0 Å². The molecule has 6 nitrogen and oxygen atoms in total. The third-order valence-electron chi connectivity index (χ3n) is 5.56. The number of aliphatic hydroxyl groups excluding tert-OH is 1. The van der Waals surface area contributed by atoms with E-state index in [1.807, 2.05) is 0 Å². The molecule has 2 aliphatic heterocycles. The number of hydrogen-bond acceptors (Lipinski definition) is 5. The molecular weight excluding hydrogens is 398 g/mol. The molecule has 0 aliphatic carbocycles. The van der Waals surface area contributed by atoms with E-state index in [4.69, 9.17) is 11.6 Å². The molecule has 0 radical (unpaired) electrons. The quantitative estimate of drug-likeness (QED) is 0.776. The third kappa shape index (κ3) is 3.55. The average Bonchev–Trinajstić information content (AvgIpc) is 3.34. The number of thiophene rings is 1. The van der Waals surface area contributed by atoms with Crippen molar-refractivity contribution in [3.63, 3.8) is 0 Å². The van der Waals surface area contributed by atoms with Gasteiger partial charge in [-0.2, -0.15) is 0 Å². The van der Waals surface area contributed by atoms with Crippen LogP contribution in [0.1, 0.15) is 51.1 Å². The molecule has 2 unspecified atom stereocenters. The lowest BCUT2D eigenvalue weighted by molar-refractivity contribution is 0.0149. The molecule has 2 atom stereocenters. The molecule has 28 heavy (non-hydrogen) atoms. The van der Waals surface area contributed by atoms with Crippen LogP contribution < -0.4 is 5.32 Å². The molecule has 148 valence electrons. The molecule has 0 spiro atoms. The van der Waals surface area contributed by atoms with Crippen LogP contribution in [0.5, 0.6) is 0 Å². The van der Waals surface area contributed by atoms with E-state index in [1.165, 1.54) is 22.7 Å². The first-order chi connectivity index (χ1) is 13.5. The van der Waals surface area contributed by atoms with Crippen LogP contribution in [0.4, 0.5) is 5.69 Å². The summed E-state index contributed by atoms with van der Waals surface area (Å²) in [7, 11) is 2.10. The second kappa shape index (κ2) is 7.83. The summed E-state index contributed by atoms with van der Waals surface area (Å²) in [5.41, 5.74) is 1.31. The summed E-state index contributed by atoms with van der Waals surface area (Å²) >= 11 is 7.08. The van der Waals surface area contributed by atoms with Crippen molar-refractivity contribution in [3.8, 4) is 0 Å². The topological polar surface area (TPSA) is 72.9 Å². The van der Waals surface area contributed by atoms with Crippen LogP contribution in [-0.4, -0.2) is 52.9 Å². The van der Waals surface area contributed by atoms with E-state index in [9.17, 15) is 14.7 Å². The second-order valence-electron chi connectivity index (χ2n) is 7.27. The Labute approximate surface area is 172 Å². The van der Waals surface area contributed by atoms with Crippen molar-refractivity contribution >= 4 is 40.4 Å². The number of carbonyl (C=O) groups excluding carboxylic acids is 2. The molecule has 2 aliphatic rings. The van der Waals surface area contributed by atoms with Crippen molar-refractivity contribution in [2.75, 3.05) is 25.5 Å². The summed E-state index contributed by atoms with van der Waals surface area (Å²) in [5.74, 6) is -0.568. The van der Waals surface area contributed by atoms with Gasteiger partial charge < -0.3 is 20.2 Å². The van der Waals surface area contributed by atoms with Crippen molar-refractivity contribution < 1.29 is 14.7 Å². The summed E-state index contributed by atoms with van der Waals surface area (Å²) < 4.78 is 0.526. The van der Waals surface area contributed by atoms with Gasteiger partial charge in [-0.1, -0.05) is 23.7 Å². The normalized spacial score (nSPS) is 22.0. The molecule has 1 saturated heterocycles. The fourth-order valence-corrected chi connectivity index (χ4v) is 4.97. The number of fused-ring (bicyclic) bond motifs is 1. The number of nitrogens with zero attached hydrogens (tertiary/aromatic N) is 2. The predicted octanol–water partition coefficient (Wildman–Crippen LogP) is 3.58. The zero-order chi connectivity index (χ0) is 19.8. The van der Waals surface area contributed by atoms with Crippen molar-refractivity contribution in [1.82, 2.24) is 9.80 Å². The van der Waals surface area contributed by atoms with Crippen LogP contribution in [0.25, 0.3) is 0 Å². The zero-order valence-corrected chi connectivity index (χ0v) is 17.1. The van der Waals surface area contributed by atoms with E-state index in [1.54, 1.807) is 30.3 Å². The highest BCUT2D eigenvalue weighted by Gasteiger charge is 2.38. The van der Waals surface area contributed by atoms with Gasteiger partial charge in [-0.15, -0.1) is 11.3 Å². The maximum atomic E-state index is 13.0. The number of carbonyl (C=O) groups is 2. The minimum atomic E-state index is -0.984. The Hall–Kier alpha value is -1.93. The number of likely N-dealkylation sites (tertiary alicyclic amines) is 1. The highest BCUT2D eigenvalue weighted by atomic mass is 35.5. The molecule has 2 amide bonds. The summed E-state index contributed by atoms with van der Waals surface area (Å²) in [5, 5.41) is 13.5. The van der Waals surface area contributed by atoms with Crippen LogP contribution in [0, 0.1) is 0 Å². The summed E-state index contributed by atoms with van der Waals surface area (Å²) in [6.45, 7) is 1.56. The number of nitrogens with one attached hydrogen (secondary N) is 1. The van der Waals surface area contributed by atoms with Gasteiger partial charge in [-0.25, -0.2) is 0 Å². The highest BCUT2D eigenvalue weighted by molar-refractivity contribution is 7.18. The second-order valence-corrected chi connectivity index (χ2v) is 8.98. The van der Waals surface area contributed by atoms with Crippen LogP contribution >= 0.6 is 22.9 Å². The molecule has 4 rings (SSSR count). The maximum Gasteiger partial charge on any atom is 0.265 e. The van der Waals surface area contributed by atoms with E-state index < -0.39 is 6.23 Å². The smallest absolute Gasteiger partial charge is 0.265 e. The fraction of sp³-hybridized carbons (Fsp3) is 0.400. The molecule has 2 N–H and O–H groups in total. The highest BCUT2D eigenvalue weighted by Crippen LogP contribution is 2.37. The molecule has 0 saturated carbocycles. The summed E-state index contributed by atoms with van der Waals surface area (Å²) in [6, 6.07) is 8.90. The van der Waals surface area contributed by atoms with E-state index in [0.717, 1.165) is 19.4 Å². The Morgan fingerprint density at radius 2 is 2.18 bits per heavy atom. The Morgan fingerprint density at radius 1 is 1.36 bits per heavy atom. The molecule has 1 aromatic carbocycles. The van der Waals surface area contributed by atoms with Crippen LogP contribution in [0.15, 0.2) is 30.3 Å². The molecule has 0 bridgehead atoms. The predicted molar refractivity (Wildman–Crippen MR) is 110 cm³/mol. The zero-order valence-electron chi connectivity index (χ0n) is 15.5. The van der Waals surface area contributed by atoms with Crippen molar-refractivity contribution in [2.24, 2.45) is 0 Å². The lowest BCUT2D eigenvalue weighted by atomic mass is 10.1. The van der Waals surface area contributed by atoms with Crippen molar-refractivity contribution in [2.45, 2.75) is 31.5 Å². The van der Waals surface area contributed by atoms with Crippen molar-refractivity contribution in [1.29, 1.82) is 0 Å². The van der Waals surface area contributed by atoms with E-state index in [2.05, 4.69) is 17.3 Å². The first-order valence-corrected chi connectivity index (χ1v) is 10.5. The Morgan fingerprint density at radius 3 is 2.86 bits per heavy atom. The number of aliphatic hydroxyl groups is 1. The monoisotopic (exact) mass is 419 g/mol. The van der Waals surface area contributed by atoms with Gasteiger partial charge in [0.1, 0.15) is 0 Å². The first-order valence-electron chi connectivity index (χ1n) is 9.34. The standard InChI is InChI=1S/C20H22ClN3O3S/c1-23-10-3-4-12(23)9-11-24-19(26)13-5-2-6-14(17(13)20(24)27)22-18(25)15-7-8-16(21)28-15/h2,5-8,12,19,26H,3-4,9-11H2,1H3,(H,22,25). The number of hydrogen-bond donors (Lipinski definition) is 2. The van der Waals surface area contributed by atoms with E-state index >= 15 is 0 Å². The number of benzene rings is 1. The Bertz CT molecular complexity index is 916. The fourth-order valence-electron chi connectivity index (χ4n) is 4.03. The molecule has 8 heteroatoms. The molecule has 1 aromatic heterocycles. The van der Waals surface area contributed by atoms with Gasteiger partial charge in [0.25, 0.3) is 11.8 Å². The van der Waals surface area contributed by atoms with Gasteiger partial charge in [0.15, 0.2) is 6.23 Å². The van der Waals surface area contributed by atoms with Crippen LogP contribution in [-0.2, 0) is 0 Å². The average molecular weight is 420 g/mol. The minimum absolute atomic E-state index is 0.247. The van der Waals surface area contributed by atoms with E-state index in [-0.39, 0.29) is 11.8 Å². The van der Waals surface area contributed by atoms with Gasteiger partial charge in [0.05, 0.1) is 20.5 Å². The summed E-state index contributed by atoms with van der Waals surface area (Å²) in [4.78, 5) is 29.8. The van der Waals surface area contributed by atoms with Gasteiger partial charge in [-0.3, -0.25) is 9.59 Å². The number of halogens is 1. The number of anilines is 1. The molecule has 3 heterocycles. The molecular formula is C20H22ClN3O3S. The molecule has 2 aromatic rings. The third-order valence-corrected chi connectivity index (χ3v) is 6.79. The van der Waals surface area contributed by atoms with Gasteiger partial charge in [-0.05, 0) is 51.1 Å². The van der Waals surface area contributed by atoms with Crippen LogP contribution in [0.2, 0.25) is 4.34 Å². The lowest BCUT2D eigenvalue weighted by Gasteiger charge is -2.25. The number of rotatable bonds is 5. The lowest BCUT2D eigenvalue weighted by Crippen LogP contribution is -2.34. The van der Waals surface area contributed by atoms with Gasteiger partial charge in [0, 0.05) is 18.2 Å². The number of amides is 2. The van der Waals surface area contributed by atoms with Crippen molar-refractivity contribution in [3.05, 3.63) is 50.7 Å².